The van der Waals surface area contributed by atoms with Crippen molar-refractivity contribution in [1.82, 2.24) is 20.5 Å². The molecule has 2 N–H and O–H groups in total. The van der Waals surface area contributed by atoms with Gasteiger partial charge in [-0.1, -0.05) is 32.9 Å². The third-order valence-corrected chi connectivity index (χ3v) is 7.51. The lowest BCUT2D eigenvalue weighted by atomic mass is 9.62. The van der Waals surface area contributed by atoms with Crippen LogP contribution in [-0.2, 0) is 5.41 Å². The number of amides is 1. The minimum Gasteiger partial charge on any atom is -0.392 e. The van der Waals surface area contributed by atoms with Crippen LogP contribution in [0.25, 0.3) is 11.3 Å². The fraction of sp³-hybridized carbons (Fsp3) is 0.407. The van der Waals surface area contributed by atoms with Crippen LogP contribution in [0, 0.1) is 17.0 Å². The Morgan fingerprint density at radius 2 is 1.77 bits per heavy atom. The number of pyridine rings is 1. The molecule has 2 aromatic heterocycles. The number of rotatable bonds is 6. The molecule has 4 rings (SSSR count). The van der Waals surface area contributed by atoms with Gasteiger partial charge in [0.2, 0.25) is 0 Å². The number of aliphatic hydroxyl groups excluding tert-OH is 1. The lowest BCUT2D eigenvalue weighted by molar-refractivity contribution is 0.0917. The van der Waals surface area contributed by atoms with Crippen LogP contribution in [0.3, 0.4) is 0 Å². The van der Waals surface area contributed by atoms with Crippen LogP contribution < -0.4 is 5.32 Å². The number of benzene rings is 1. The molecule has 1 aliphatic rings. The van der Waals surface area contributed by atoms with Crippen LogP contribution in [0.5, 0.6) is 0 Å². The van der Waals surface area contributed by atoms with E-state index < -0.39 is 28.6 Å². The van der Waals surface area contributed by atoms with E-state index in [1.807, 2.05) is 13.0 Å². The molecule has 0 aliphatic heterocycles. The van der Waals surface area contributed by atoms with Gasteiger partial charge in [0.05, 0.1) is 34.2 Å². The van der Waals surface area contributed by atoms with Gasteiger partial charge in [-0.2, -0.15) is 5.10 Å². The smallest absolute Gasteiger partial charge is 0.269 e. The van der Waals surface area contributed by atoms with Crippen molar-refractivity contribution in [3.05, 3.63) is 76.7 Å². The molecule has 8 heteroatoms. The number of halogens is 2. The van der Waals surface area contributed by atoms with Crippen molar-refractivity contribution in [1.29, 1.82) is 0 Å². The maximum Gasteiger partial charge on any atom is 0.269 e. The monoisotopic (exact) mass is 480 g/mol. The maximum absolute atomic E-state index is 14.5. The van der Waals surface area contributed by atoms with Crippen LogP contribution >= 0.6 is 0 Å². The summed E-state index contributed by atoms with van der Waals surface area (Å²) in [7, 11) is 0. The molecule has 2 heterocycles. The van der Waals surface area contributed by atoms with Crippen LogP contribution in [0.15, 0.2) is 42.5 Å². The minimum absolute atomic E-state index is 0.0149. The Kier molecular flexibility index (Phi) is 6.44. The number of carbonyl (C=O) groups is 1. The first-order chi connectivity index (χ1) is 16.5. The molecule has 35 heavy (non-hydrogen) atoms. The summed E-state index contributed by atoms with van der Waals surface area (Å²) in [6.07, 6.45) is 0.101. The summed E-state index contributed by atoms with van der Waals surface area (Å²) in [6, 6.07) is 10.7. The first kappa shape index (κ1) is 24.9. The van der Waals surface area contributed by atoms with Gasteiger partial charge in [0, 0.05) is 6.54 Å². The van der Waals surface area contributed by atoms with E-state index in [-0.39, 0.29) is 35.3 Å². The van der Waals surface area contributed by atoms with E-state index in [0.29, 0.717) is 11.4 Å². The van der Waals surface area contributed by atoms with Gasteiger partial charge in [-0.05, 0) is 67.5 Å². The Morgan fingerprint density at radius 3 is 2.40 bits per heavy atom. The Morgan fingerprint density at radius 1 is 1.11 bits per heavy atom. The second-order valence-corrected chi connectivity index (χ2v) is 9.90. The number of aromatic nitrogens is 3. The molecule has 1 amide bonds. The second-order valence-electron chi connectivity index (χ2n) is 9.90. The van der Waals surface area contributed by atoms with Crippen molar-refractivity contribution >= 4 is 5.91 Å². The lowest BCUT2D eigenvalue weighted by Gasteiger charge is -2.41. The van der Waals surface area contributed by atoms with E-state index in [2.05, 4.69) is 36.3 Å². The van der Waals surface area contributed by atoms with Crippen LogP contribution in [0.4, 0.5) is 8.78 Å². The zero-order valence-electron chi connectivity index (χ0n) is 20.6. The molecule has 1 aromatic carbocycles. The van der Waals surface area contributed by atoms with Crippen molar-refractivity contribution in [2.75, 3.05) is 6.54 Å². The first-order valence-corrected chi connectivity index (χ1v) is 11.8. The van der Waals surface area contributed by atoms with E-state index in [1.165, 1.54) is 18.2 Å². The Bertz CT molecular complexity index is 1260. The Balaban J connectivity index is 1.85. The summed E-state index contributed by atoms with van der Waals surface area (Å²) in [5.74, 6) is -1.74. The van der Waals surface area contributed by atoms with Gasteiger partial charge in [-0.15, -0.1) is 5.10 Å². The third-order valence-electron chi connectivity index (χ3n) is 7.51. The number of hydrogen-bond donors (Lipinski definition) is 2. The molecule has 0 fully saturated rings. The average Bonchev–Trinajstić information content (AvgIpc) is 2.99. The molecule has 3 atom stereocenters. The fourth-order valence-electron chi connectivity index (χ4n) is 5.32. The maximum atomic E-state index is 14.5. The molecule has 0 saturated carbocycles. The number of fused-ring (bicyclic) bond motifs is 1. The van der Waals surface area contributed by atoms with Crippen molar-refractivity contribution in [2.45, 2.75) is 58.5 Å². The Hall–Kier alpha value is -3.26. The number of carbonyl (C=O) groups excluding carboxylic acids is 1. The zero-order valence-corrected chi connectivity index (χ0v) is 20.6. The van der Waals surface area contributed by atoms with E-state index in [0.717, 1.165) is 12.0 Å². The molecule has 6 nitrogen and oxygen atoms in total. The van der Waals surface area contributed by atoms with Gasteiger partial charge in [0.1, 0.15) is 17.3 Å². The van der Waals surface area contributed by atoms with E-state index >= 15 is 0 Å². The van der Waals surface area contributed by atoms with E-state index in [1.54, 1.807) is 25.1 Å². The minimum atomic E-state index is -0.719. The molecule has 0 bridgehead atoms. The second kappa shape index (κ2) is 9.07. The average molecular weight is 481 g/mol. The van der Waals surface area contributed by atoms with Gasteiger partial charge in [0.15, 0.2) is 0 Å². The van der Waals surface area contributed by atoms with Crippen molar-refractivity contribution in [2.24, 2.45) is 5.41 Å². The lowest BCUT2D eigenvalue weighted by Crippen LogP contribution is -2.40. The van der Waals surface area contributed by atoms with E-state index in [9.17, 15) is 18.7 Å². The normalized spacial score (nSPS) is 21.4. The number of aliphatic hydroxyl groups is 1. The molecule has 0 radical (unpaired) electrons. The van der Waals surface area contributed by atoms with Crippen LogP contribution in [0.1, 0.15) is 74.4 Å². The summed E-state index contributed by atoms with van der Waals surface area (Å²) in [5, 5.41) is 20.9. The van der Waals surface area contributed by atoms with Crippen LogP contribution in [0.2, 0.25) is 0 Å². The fourth-order valence-corrected chi connectivity index (χ4v) is 5.32. The molecule has 3 aromatic rings. The number of nitrogens with one attached hydrogen (secondary N) is 1. The summed E-state index contributed by atoms with van der Waals surface area (Å²) >= 11 is 0. The summed E-state index contributed by atoms with van der Waals surface area (Å²) in [5.41, 5.74) is 1.29. The SMILES string of the molecule is CC[C@H]1c2cc(-c3c(F)cccc3F)nnc2[C@](C)(c2cccc(C(=O)NC[C@@H](C)O)n2)C1(C)C. The van der Waals surface area contributed by atoms with Crippen LogP contribution in [-0.4, -0.2) is 38.8 Å². The summed E-state index contributed by atoms with van der Waals surface area (Å²) in [6.45, 7) is 10.0. The molecule has 184 valence electrons. The molecular formula is C27H30F2N4O2. The highest BCUT2D eigenvalue weighted by Crippen LogP contribution is 2.61. The first-order valence-electron chi connectivity index (χ1n) is 11.8. The van der Waals surface area contributed by atoms with Gasteiger partial charge in [0.25, 0.3) is 5.91 Å². The Labute approximate surface area is 203 Å². The van der Waals surface area contributed by atoms with Crippen molar-refractivity contribution in [3.63, 3.8) is 0 Å². The number of nitrogens with zero attached hydrogens (tertiary/aromatic N) is 3. The third kappa shape index (κ3) is 3.99. The largest absolute Gasteiger partial charge is 0.392 e. The predicted octanol–water partition coefficient (Wildman–Crippen LogP) is 4.77. The van der Waals surface area contributed by atoms with Gasteiger partial charge >= 0.3 is 0 Å². The van der Waals surface area contributed by atoms with Gasteiger partial charge in [-0.3, -0.25) is 4.79 Å². The molecule has 0 saturated heterocycles. The van der Waals surface area contributed by atoms with E-state index in [4.69, 9.17) is 4.98 Å². The zero-order chi connectivity index (χ0) is 25.5. The molecule has 1 aliphatic carbocycles. The highest BCUT2D eigenvalue weighted by atomic mass is 19.1. The highest BCUT2D eigenvalue weighted by molar-refractivity contribution is 5.92. The highest BCUT2D eigenvalue weighted by Gasteiger charge is 2.57. The summed E-state index contributed by atoms with van der Waals surface area (Å²) in [4.78, 5) is 17.3. The van der Waals surface area contributed by atoms with Gasteiger partial charge < -0.3 is 10.4 Å². The standard InChI is InChI=1S/C27H30F2N4O2/c1-6-17-16-13-21(23-18(28)9-7-10-19(23)29)32-33-24(16)27(5,26(17,3)4)22-12-8-11-20(31-22)25(35)30-14-15(2)34/h7-13,15,17,34H,6,14H2,1-5H3,(H,30,35)/t15-,17+,27+/m1/s1. The molecule has 0 spiro atoms. The number of hydrogen-bond acceptors (Lipinski definition) is 5. The van der Waals surface area contributed by atoms with Crippen molar-refractivity contribution in [3.8, 4) is 11.3 Å². The quantitative estimate of drug-likeness (QED) is 0.531. The van der Waals surface area contributed by atoms with Crippen molar-refractivity contribution < 1.29 is 18.7 Å². The molecular weight excluding hydrogens is 450 g/mol. The predicted molar refractivity (Wildman–Crippen MR) is 129 cm³/mol. The summed E-state index contributed by atoms with van der Waals surface area (Å²) < 4.78 is 29.0. The van der Waals surface area contributed by atoms with Gasteiger partial charge in [-0.25, -0.2) is 13.8 Å². The molecule has 0 unspecified atom stereocenters. The topological polar surface area (TPSA) is 88.0 Å².